The zero-order valence-electron chi connectivity index (χ0n) is 20.1. The number of aliphatic imine (C=N–C) groups is 1. The Morgan fingerprint density at radius 3 is 2.66 bits per heavy atom. The number of hydrogen-bond acceptors (Lipinski definition) is 6. The molecule has 0 aliphatic carbocycles. The molecule has 3 aromatic rings. The Bertz CT molecular complexity index is 1240. The van der Waals surface area contributed by atoms with Gasteiger partial charge in [-0.15, -0.1) is 0 Å². The summed E-state index contributed by atoms with van der Waals surface area (Å²) < 4.78 is 17.3. The predicted molar refractivity (Wildman–Crippen MR) is 135 cm³/mol. The van der Waals surface area contributed by atoms with Crippen LogP contribution in [0.15, 0.2) is 71.7 Å². The molecule has 0 atom stereocenters. The molecule has 5 rings (SSSR count). The Kier molecular flexibility index (Phi) is 6.57. The zero-order chi connectivity index (χ0) is 24.2. The average Bonchev–Trinajstić information content (AvgIpc) is 3.22. The number of benzene rings is 3. The van der Waals surface area contributed by atoms with E-state index in [0.29, 0.717) is 19.6 Å². The van der Waals surface area contributed by atoms with Crippen molar-refractivity contribution in [1.29, 1.82) is 0 Å². The summed E-state index contributed by atoms with van der Waals surface area (Å²) in [7, 11) is 1.65. The molecule has 0 saturated carbocycles. The topological polar surface area (TPSA) is 63.6 Å². The summed E-state index contributed by atoms with van der Waals surface area (Å²) in [4.78, 5) is 21.8. The highest BCUT2D eigenvalue weighted by Gasteiger charge is 2.27. The van der Waals surface area contributed by atoms with Crippen LogP contribution in [-0.4, -0.2) is 55.0 Å². The maximum atomic E-state index is 12.8. The normalized spacial score (nSPS) is 15.1. The van der Waals surface area contributed by atoms with E-state index in [1.807, 2.05) is 73.7 Å². The monoisotopic (exact) mass is 471 g/mol. The number of carbonyl (C=O) groups excluding carboxylic acids is 1. The molecule has 1 saturated heterocycles. The van der Waals surface area contributed by atoms with Gasteiger partial charge in [0, 0.05) is 26.2 Å². The van der Waals surface area contributed by atoms with E-state index in [4.69, 9.17) is 19.2 Å². The first-order chi connectivity index (χ1) is 17.1. The largest absolute Gasteiger partial charge is 0.497 e. The molecule has 0 spiro atoms. The molecule has 180 valence electrons. The molecule has 0 unspecified atom stereocenters. The van der Waals surface area contributed by atoms with E-state index in [-0.39, 0.29) is 12.7 Å². The summed E-state index contributed by atoms with van der Waals surface area (Å²) in [5.74, 6) is 3.02. The van der Waals surface area contributed by atoms with Crippen molar-refractivity contribution < 1.29 is 19.0 Å². The van der Waals surface area contributed by atoms with Gasteiger partial charge in [0.25, 0.3) is 0 Å². The van der Waals surface area contributed by atoms with Crippen LogP contribution in [0.2, 0.25) is 0 Å². The second-order valence-corrected chi connectivity index (χ2v) is 8.74. The number of ether oxygens (including phenoxy) is 3. The van der Waals surface area contributed by atoms with Crippen molar-refractivity contribution in [2.75, 3.05) is 33.3 Å². The molecule has 0 bridgehead atoms. The fourth-order valence-corrected chi connectivity index (χ4v) is 4.35. The van der Waals surface area contributed by atoms with Gasteiger partial charge in [0.2, 0.25) is 0 Å². The third kappa shape index (κ3) is 5.09. The molecule has 2 aliphatic heterocycles. The molecule has 35 heavy (non-hydrogen) atoms. The van der Waals surface area contributed by atoms with Crippen LogP contribution in [0.5, 0.6) is 17.2 Å². The van der Waals surface area contributed by atoms with Gasteiger partial charge in [-0.2, -0.15) is 0 Å². The number of hydrogen-bond donors (Lipinski definition) is 0. The highest BCUT2D eigenvalue weighted by atomic mass is 16.6. The number of aryl methyl sites for hydroxylation is 1. The van der Waals surface area contributed by atoms with Crippen LogP contribution in [0.25, 0.3) is 0 Å². The molecule has 2 aliphatic rings. The van der Waals surface area contributed by atoms with Crippen molar-refractivity contribution in [1.82, 2.24) is 9.80 Å². The lowest BCUT2D eigenvalue weighted by Gasteiger charge is -2.25. The van der Waals surface area contributed by atoms with E-state index < -0.39 is 0 Å². The number of nitrogens with zero attached hydrogens (tertiary/aromatic N) is 3. The number of amidine groups is 1. The van der Waals surface area contributed by atoms with Gasteiger partial charge in [0.1, 0.15) is 29.6 Å². The van der Waals surface area contributed by atoms with E-state index in [1.165, 1.54) is 0 Å². The van der Waals surface area contributed by atoms with Gasteiger partial charge >= 0.3 is 6.09 Å². The van der Waals surface area contributed by atoms with E-state index in [0.717, 1.165) is 58.4 Å². The van der Waals surface area contributed by atoms with Crippen molar-refractivity contribution in [3.05, 3.63) is 83.4 Å². The summed E-state index contributed by atoms with van der Waals surface area (Å²) in [5, 5.41) is 0. The zero-order valence-corrected chi connectivity index (χ0v) is 20.1. The molecule has 0 N–H and O–H groups in total. The van der Waals surface area contributed by atoms with Crippen molar-refractivity contribution in [3.63, 3.8) is 0 Å². The van der Waals surface area contributed by atoms with Gasteiger partial charge in [0.15, 0.2) is 5.75 Å². The van der Waals surface area contributed by atoms with Crippen LogP contribution in [0.3, 0.4) is 0 Å². The molecule has 0 aromatic heterocycles. The van der Waals surface area contributed by atoms with Gasteiger partial charge in [-0.1, -0.05) is 36.4 Å². The minimum atomic E-state index is -0.287. The van der Waals surface area contributed by atoms with Crippen LogP contribution >= 0.6 is 0 Å². The summed E-state index contributed by atoms with van der Waals surface area (Å²) in [6, 6.07) is 21.5. The Morgan fingerprint density at radius 1 is 0.971 bits per heavy atom. The molecule has 7 nitrogen and oxygen atoms in total. The summed E-state index contributed by atoms with van der Waals surface area (Å²) in [5.41, 5.74) is 3.74. The van der Waals surface area contributed by atoms with Gasteiger partial charge in [-0.05, 0) is 54.8 Å². The van der Waals surface area contributed by atoms with E-state index in [9.17, 15) is 4.79 Å². The van der Waals surface area contributed by atoms with Crippen molar-refractivity contribution in [2.45, 2.75) is 20.0 Å². The van der Waals surface area contributed by atoms with Crippen LogP contribution < -0.4 is 9.47 Å². The van der Waals surface area contributed by atoms with Crippen LogP contribution in [0.4, 0.5) is 10.5 Å². The van der Waals surface area contributed by atoms with E-state index in [1.54, 1.807) is 12.0 Å². The predicted octanol–water partition coefficient (Wildman–Crippen LogP) is 5.53. The highest BCUT2D eigenvalue weighted by molar-refractivity contribution is 6.04. The first-order valence-corrected chi connectivity index (χ1v) is 11.9. The second-order valence-electron chi connectivity index (χ2n) is 8.74. The molecule has 2 heterocycles. The Balaban J connectivity index is 1.37. The third-order valence-corrected chi connectivity index (χ3v) is 6.25. The summed E-state index contributed by atoms with van der Waals surface area (Å²) in [6.45, 7) is 4.89. The maximum absolute atomic E-state index is 12.8. The standard InChI is InChI=1S/C28H29N3O4/c1-20-9-11-24-26(17-20)35-25-12-10-22(33-2)18-23(25)27(29-24)30-13-6-14-31(16-15-30)28(32)34-19-21-7-4-3-5-8-21/h3-5,7-12,17-18H,6,13-16,19H2,1-2H3. The molecular weight excluding hydrogens is 442 g/mol. The van der Waals surface area contributed by atoms with Crippen molar-refractivity contribution in [2.24, 2.45) is 4.99 Å². The minimum Gasteiger partial charge on any atom is -0.497 e. The van der Waals surface area contributed by atoms with Crippen molar-refractivity contribution >= 4 is 17.6 Å². The maximum Gasteiger partial charge on any atom is 0.410 e. The van der Waals surface area contributed by atoms with Gasteiger partial charge in [-0.25, -0.2) is 9.79 Å². The SMILES string of the molecule is COc1ccc2c(c1)C(N1CCCN(C(=O)OCc3ccccc3)CC1)=Nc1ccc(C)cc1O2. The first-order valence-electron chi connectivity index (χ1n) is 11.9. The van der Waals surface area contributed by atoms with E-state index >= 15 is 0 Å². The quantitative estimate of drug-likeness (QED) is 0.502. The van der Waals surface area contributed by atoms with Crippen LogP contribution in [-0.2, 0) is 11.3 Å². The number of carbonyl (C=O) groups is 1. The molecule has 0 radical (unpaired) electrons. The van der Waals surface area contributed by atoms with Crippen LogP contribution in [0, 0.1) is 6.92 Å². The molecule has 1 fully saturated rings. The lowest BCUT2D eigenvalue weighted by atomic mass is 10.1. The minimum absolute atomic E-state index is 0.271. The lowest BCUT2D eigenvalue weighted by Crippen LogP contribution is -2.37. The second kappa shape index (κ2) is 10.1. The first kappa shape index (κ1) is 22.8. The number of rotatable bonds is 3. The molecule has 1 amide bonds. The summed E-state index contributed by atoms with van der Waals surface area (Å²) in [6.07, 6.45) is 0.519. The average molecular weight is 472 g/mol. The number of amides is 1. The lowest BCUT2D eigenvalue weighted by molar-refractivity contribution is 0.0979. The highest BCUT2D eigenvalue weighted by Crippen LogP contribution is 2.40. The smallest absolute Gasteiger partial charge is 0.410 e. The number of methoxy groups -OCH3 is 1. The third-order valence-electron chi connectivity index (χ3n) is 6.25. The Hall–Kier alpha value is -4.00. The molecule has 7 heteroatoms. The van der Waals surface area contributed by atoms with Gasteiger partial charge in [0.05, 0.1) is 12.7 Å². The molecular formula is C28H29N3O4. The van der Waals surface area contributed by atoms with Crippen molar-refractivity contribution in [3.8, 4) is 17.2 Å². The van der Waals surface area contributed by atoms with E-state index in [2.05, 4.69) is 4.90 Å². The Morgan fingerprint density at radius 2 is 1.83 bits per heavy atom. The Labute approximate surface area is 205 Å². The van der Waals surface area contributed by atoms with Gasteiger partial charge in [-0.3, -0.25) is 0 Å². The molecule has 3 aromatic carbocycles. The fourth-order valence-electron chi connectivity index (χ4n) is 4.35. The van der Waals surface area contributed by atoms with Gasteiger partial charge < -0.3 is 24.0 Å². The fraction of sp³-hybridized carbons (Fsp3) is 0.286. The van der Waals surface area contributed by atoms with Crippen LogP contribution in [0.1, 0.15) is 23.1 Å². The number of fused-ring (bicyclic) bond motifs is 2. The summed E-state index contributed by atoms with van der Waals surface area (Å²) >= 11 is 0.